The van der Waals surface area contributed by atoms with Gasteiger partial charge < -0.3 is 24.4 Å². The predicted molar refractivity (Wildman–Crippen MR) is 115 cm³/mol. The third-order valence-electron chi connectivity index (χ3n) is 5.06. The van der Waals surface area contributed by atoms with Crippen molar-refractivity contribution in [1.29, 1.82) is 0 Å². The van der Waals surface area contributed by atoms with Crippen molar-refractivity contribution in [1.82, 2.24) is 25.0 Å². The molecule has 0 aliphatic carbocycles. The van der Waals surface area contributed by atoms with Crippen LogP contribution in [0.4, 0.5) is 10.6 Å². The first-order chi connectivity index (χ1) is 15.2. The number of hydrogen-bond donors (Lipinski definition) is 1. The van der Waals surface area contributed by atoms with E-state index in [4.69, 9.17) is 4.74 Å². The Balaban J connectivity index is 1.19. The lowest BCUT2D eigenvalue weighted by Gasteiger charge is -2.35. The number of ether oxygens (including phenoxy) is 1. The van der Waals surface area contributed by atoms with Crippen LogP contribution in [0.15, 0.2) is 67.0 Å². The summed E-state index contributed by atoms with van der Waals surface area (Å²) in [4.78, 5) is 28.1. The zero-order valence-electron chi connectivity index (χ0n) is 17.1. The van der Waals surface area contributed by atoms with Crippen molar-refractivity contribution in [3.63, 3.8) is 0 Å². The van der Waals surface area contributed by atoms with Crippen LogP contribution in [0.25, 0.3) is 5.82 Å². The van der Waals surface area contributed by atoms with E-state index in [2.05, 4.69) is 20.4 Å². The number of carbonyl (C=O) groups excluding carboxylic acids is 2. The Morgan fingerprint density at radius 1 is 0.871 bits per heavy atom. The second-order valence-electron chi connectivity index (χ2n) is 7.12. The van der Waals surface area contributed by atoms with Gasteiger partial charge in [-0.3, -0.25) is 4.79 Å². The molecule has 3 heterocycles. The van der Waals surface area contributed by atoms with Gasteiger partial charge in [-0.25, -0.2) is 4.79 Å². The molecule has 31 heavy (non-hydrogen) atoms. The molecule has 0 atom stereocenters. The molecule has 0 radical (unpaired) electrons. The summed E-state index contributed by atoms with van der Waals surface area (Å²) in [7, 11) is 0. The van der Waals surface area contributed by atoms with E-state index in [-0.39, 0.29) is 19.1 Å². The van der Waals surface area contributed by atoms with Gasteiger partial charge in [0.05, 0.1) is 0 Å². The second-order valence-corrected chi connectivity index (χ2v) is 7.12. The number of aromatic nitrogens is 3. The molecule has 2 amide bonds. The van der Waals surface area contributed by atoms with Crippen molar-refractivity contribution < 1.29 is 14.3 Å². The fourth-order valence-electron chi connectivity index (χ4n) is 3.33. The third kappa shape index (κ3) is 5.39. The fraction of sp³-hybridized carbons (Fsp3) is 0.273. The first-order valence-electron chi connectivity index (χ1n) is 10.1. The highest BCUT2D eigenvalue weighted by molar-refractivity contribution is 5.82. The van der Waals surface area contributed by atoms with E-state index in [0.717, 1.165) is 17.2 Å². The highest BCUT2D eigenvalue weighted by Gasteiger charge is 2.22. The molecule has 4 rings (SSSR count). The molecular weight excluding hydrogens is 396 g/mol. The first-order valence-corrected chi connectivity index (χ1v) is 10.1. The summed E-state index contributed by atoms with van der Waals surface area (Å²) in [5.41, 5.74) is 0.893. The van der Waals surface area contributed by atoms with E-state index in [1.54, 1.807) is 4.90 Å². The first kappa shape index (κ1) is 20.4. The average Bonchev–Trinajstić information content (AvgIpc) is 3.37. The Morgan fingerprint density at radius 2 is 1.55 bits per heavy atom. The number of anilines is 1. The van der Waals surface area contributed by atoms with E-state index in [0.29, 0.717) is 26.2 Å². The van der Waals surface area contributed by atoms with Crippen LogP contribution in [-0.4, -0.2) is 64.4 Å². The van der Waals surface area contributed by atoms with E-state index >= 15 is 0 Å². The second kappa shape index (κ2) is 9.75. The van der Waals surface area contributed by atoms with E-state index < -0.39 is 6.09 Å². The number of amides is 2. The van der Waals surface area contributed by atoms with Crippen molar-refractivity contribution >= 4 is 17.8 Å². The zero-order valence-corrected chi connectivity index (χ0v) is 17.1. The van der Waals surface area contributed by atoms with E-state index in [1.807, 2.05) is 71.6 Å². The van der Waals surface area contributed by atoms with Crippen LogP contribution in [0.3, 0.4) is 0 Å². The van der Waals surface area contributed by atoms with E-state index in [1.165, 1.54) is 0 Å². The van der Waals surface area contributed by atoms with Gasteiger partial charge >= 0.3 is 6.09 Å². The summed E-state index contributed by atoms with van der Waals surface area (Å²) < 4.78 is 7.03. The summed E-state index contributed by atoms with van der Waals surface area (Å²) in [6.45, 7) is 2.51. The van der Waals surface area contributed by atoms with Crippen LogP contribution < -0.4 is 10.2 Å². The third-order valence-corrected chi connectivity index (χ3v) is 5.06. The summed E-state index contributed by atoms with van der Waals surface area (Å²) in [5, 5.41) is 11.1. The molecule has 0 saturated carbocycles. The molecule has 1 N–H and O–H groups in total. The lowest BCUT2D eigenvalue weighted by Crippen LogP contribution is -2.51. The van der Waals surface area contributed by atoms with Crippen LogP contribution in [0, 0.1) is 0 Å². The number of alkyl carbamates (subject to hydrolysis) is 1. The molecule has 2 aromatic heterocycles. The van der Waals surface area contributed by atoms with Crippen molar-refractivity contribution in [3.8, 4) is 5.82 Å². The molecule has 160 valence electrons. The van der Waals surface area contributed by atoms with Crippen LogP contribution in [0.5, 0.6) is 0 Å². The molecule has 1 fully saturated rings. The zero-order chi connectivity index (χ0) is 21.5. The highest BCUT2D eigenvalue weighted by Crippen LogP contribution is 2.14. The molecular formula is C22H24N6O3. The number of nitrogens with zero attached hydrogens (tertiary/aromatic N) is 5. The van der Waals surface area contributed by atoms with Gasteiger partial charge in [0.1, 0.15) is 13.2 Å². The van der Waals surface area contributed by atoms with Crippen molar-refractivity contribution in [2.75, 3.05) is 37.6 Å². The Kier molecular flexibility index (Phi) is 6.41. The van der Waals surface area contributed by atoms with Gasteiger partial charge in [0.2, 0.25) is 5.91 Å². The van der Waals surface area contributed by atoms with Crippen LogP contribution in [0.1, 0.15) is 5.56 Å². The van der Waals surface area contributed by atoms with Crippen LogP contribution >= 0.6 is 0 Å². The van der Waals surface area contributed by atoms with Gasteiger partial charge in [-0.2, -0.15) is 0 Å². The lowest BCUT2D eigenvalue weighted by molar-refractivity contribution is -0.130. The van der Waals surface area contributed by atoms with Gasteiger partial charge in [0.25, 0.3) is 0 Å². The molecule has 1 saturated heterocycles. The molecule has 3 aromatic rings. The maximum Gasteiger partial charge on any atom is 0.407 e. The summed E-state index contributed by atoms with van der Waals surface area (Å²) >= 11 is 0. The minimum atomic E-state index is -0.603. The van der Waals surface area contributed by atoms with Gasteiger partial charge in [-0.05, 0) is 29.8 Å². The fourth-order valence-corrected chi connectivity index (χ4v) is 3.33. The normalized spacial score (nSPS) is 13.7. The number of piperazine rings is 1. The monoisotopic (exact) mass is 420 g/mol. The van der Waals surface area contributed by atoms with Crippen LogP contribution in [-0.2, 0) is 16.1 Å². The van der Waals surface area contributed by atoms with Gasteiger partial charge in [-0.1, -0.05) is 30.3 Å². The summed E-state index contributed by atoms with van der Waals surface area (Å²) in [6.07, 6.45) is 3.23. The molecule has 1 aliphatic heterocycles. The van der Waals surface area contributed by atoms with Gasteiger partial charge in [0.15, 0.2) is 11.6 Å². The molecule has 1 aromatic carbocycles. The molecule has 9 heteroatoms. The number of benzene rings is 1. The Labute approximate surface area is 180 Å². The minimum Gasteiger partial charge on any atom is -0.445 e. The average molecular weight is 420 g/mol. The summed E-state index contributed by atoms with van der Waals surface area (Å²) in [5.74, 6) is 1.41. The largest absolute Gasteiger partial charge is 0.445 e. The minimum absolute atomic E-state index is 0.0843. The standard InChI is InChI=1S/C22H24N6O3/c29-21(16-23-22(30)31-17-18-6-2-1-3-7-18)28-14-12-27(13-15-28)20-9-8-19(24-25-20)26-10-4-5-11-26/h1-11H,12-17H2,(H,23,30). The van der Waals surface area contributed by atoms with Gasteiger partial charge in [0, 0.05) is 38.6 Å². The smallest absolute Gasteiger partial charge is 0.407 e. The van der Waals surface area contributed by atoms with Crippen LogP contribution in [0.2, 0.25) is 0 Å². The number of hydrogen-bond acceptors (Lipinski definition) is 6. The number of carbonyl (C=O) groups is 2. The lowest BCUT2D eigenvalue weighted by atomic mass is 10.2. The van der Waals surface area contributed by atoms with Crippen molar-refractivity contribution in [2.45, 2.75) is 6.61 Å². The maximum atomic E-state index is 12.4. The van der Waals surface area contributed by atoms with Crippen molar-refractivity contribution in [3.05, 3.63) is 72.6 Å². The predicted octanol–water partition coefficient (Wildman–Crippen LogP) is 1.84. The molecule has 0 spiro atoms. The quantitative estimate of drug-likeness (QED) is 0.654. The Bertz CT molecular complexity index is 984. The number of rotatable bonds is 6. The topological polar surface area (TPSA) is 92.6 Å². The SMILES string of the molecule is O=C(NCC(=O)N1CCN(c2ccc(-n3cccc3)nn2)CC1)OCc1ccccc1. The Morgan fingerprint density at radius 3 is 2.23 bits per heavy atom. The summed E-state index contributed by atoms with van der Waals surface area (Å²) in [6, 6.07) is 17.1. The molecule has 0 bridgehead atoms. The highest BCUT2D eigenvalue weighted by atomic mass is 16.5. The molecule has 0 unspecified atom stereocenters. The molecule has 1 aliphatic rings. The Hall–Kier alpha value is -3.88. The van der Waals surface area contributed by atoms with Gasteiger partial charge in [-0.15, -0.1) is 10.2 Å². The van der Waals surface area contributed by atoms with Crippen molar-refractivity contribution in [2.24, 2.45) is 0 Å². The maximum absolute atomic E-state index is 12.4. The van der Waals surface area contributed by atoms with E-state index in [9.17, 15) is 9.59 Å². The number of nitrogens with one attached hydrogen (secondary N) is 1. The molecule has 9 nitrogen and oxygen atoms in total.